The van der Waals surface area contributed by atoms with Crippen LogP contribution in [0.15, 0.2) is 10.7 Å². The number of nitrogens with zero attached hydrogens (tertiary/aromatic N) is 2. The molecule has 0 amide bonds. The smallest absolute Gasteiger partial charge is 0.130 e. The molecule has 0 aromatic carbocycles. The first kappa shape index (κ1) is 12.7. The van der Waals surface area contributed by atoms with Gasteiger partial charge in [-0.25, -0.2) is 0 Å². The van der Waals surface area contributed by atoms with Gasteiger partial charge in [0.2, 0.25) is 0 Å². The van der Waals surface area contributed by atoms with E-state index in [1.165, 1.54) is 0 Å². The molecule has 1 heterocycles. The van der Waals surface area contributed by atoms with E-state index in [0.717, 1.165) is 16.7 Å². The Hall–Kier alpha value is -0.390. The maximum atomic E-state index is 10.5. The molecule has 0 radical (unpaired) electrons. The number of hydrogen-bond donors (Lipinski definition) is 1. The summed E-state index contributed by atoms with van der Waals surface area (Å²) in [5.41, 5.74) is -0.186. The molecule has 0 spiro atoms. The third-order valence-corrected chi connectivity index (χ3v) is 3.08. The van der Waals surface area contributed by atoms with Crippen LogP contribution in [-0.2, 0) is 16.9 Å². The summed E-state index contributed by atoms with van der Waals surface area (Å²) in [7, 11) is 1.58. The zero-order chi connectivity index (χ0) is 11.5. The minimum Gasteiger partial charge on any atom is -0.381 e. The third kappa shape index (κ3) is 2.41. The molecule has 0 aliphatic carbocycles. The summed E-state index contributed by atoms with van der Waals surface area (Å²) in [6.45, 7) is 4.92. The second-order valence-electron chi connectivity index (χ2n) is 3.48. The molecule has 5 heteroatoms. The molecule has 0 saturated carbocycles. The molecule has 1 unspecified atom stereocenters. The van der Waals surface area contributed by atoms with Crippen molar-refractivity contribution in [3.05, 3.63) is 16.4 Å². The summed E-state index contributed by atoms with van der Waals surface area (Å²) in [6, 6.07) is 0. The van der Waals surface area contributed by atoms with Crippen LogP contribution in [0, 0.1) is 0 Å². The average molecular weight is 277 g/mol. The topological polar surface area (TPSA) is 47.3 Å². The Labute approximate surface area is 98.4 Å². The van der Waals surface area contributed by atoms with Gasteiger partial charge in [0.25, 0.3) is 0 Å². The normalized spacial score (nSPS) is 15.3. The average Bonchev–Trinajstić information content (AvgIpc) is 2.60. The first-order valence-electron chi connectivity index (χ1n) is 5.02. The summed E-state index contributed by atoms with van der Waals surface area (Å²) >= 11 is 3.41. The van der Waals surface area contributed by atoms with Crippen molar-refractivity contribution in [1.82, 2.24) is 9.78 Å². The van der Waals surface area contributed by atoms with Crippen LogP contribution in [0.3, 0.4) is 0 Å². The van der Waals surface area contributed by atoms with E-state index in [9.17, 15) is 5.11 Å². The Balaban J connectivity index is 3.15. The maximum absolute atomic E-state index is 10.5. The van der Waals surface area contributed by atoms with Crippen molar-refractivity contribution in [2.75, 3.05) is 13.7 Å². The highest BCUT2D eigenvalue weighted by atomic mass is 79.9. The Morgan fingerprint density at radius 1 is 1.60 bits per heavy atom. The van der Waals surface area contributed by atoms with Crippen LogP contribution in [0.1, 0.15) is 26.0 Å². The fourth-order valence-corrected chi connectivity index (χ4v) is 2.31. The van der Waals surface area contributed by atoms with Crippen LogP contribution in [0.2, 0.25) is 0 Å². The highest BCUT2D eigenvalue weighted by Crippen LogP contribution is 2.31. The largest absolute Gasteiger partial charge is 0.381 e. The van der Waals surface area contributed by atoms with E-state index in [-0.39, 0.29) is 6.61 Å². The molecule has 86 valence electrons. The fraction of sp³-hybridized carbons (Fsp3) is 0.700. The van der Waals surface area contributed by atoms with Crippen molar-refractivity contribution < 1.29 is 9.84 Å². The van der Waals surface area contributed by atoms with E-state index >= 15 is 0 Å². The van der Waals surface area contributed by atoms with E-state index in [1.807, 2.05) is 13.8 Å². The van der Waals surface area contributed by atoms with Crippen LogP contribution in [0.5, 0.6) is 0 Å². The predicted octanol–water partition coefficient (Wildman–Crippen LogP) is 1.91. The number of hydrogen-bond acceptors (Lipinski definition) is 3. The quantitative estimate of drug-likeness (QED) is 0.894. The van der Waals surface area contributed by atoms with Gasteiger partial charge in [-0.3, -0.25) is 4.68 Å². The van der Waals surface area contributed by atoms with Gasteiger partial charge in [-0.15, -0.1) is 0 Å². The highest BCUT2D eigenvalue weighted by molar-refractivity contribution is 9.10. The maximum Gasteiger partial charge on any atom is 0.130 e. The number of aromatic nitrogens is 2. The van der Waals surface area contributed by atoms with Crippen LogP contribution < -0.4 is 0 Å². The van der Waals surface area contributed by atoms with Crippen molar-refractivity contribution in [3.8, 4) is 0 Å². The van der Waals surface area contributed by atoms with Gasteiger partial charge in [0.15, 0.2) is 0 Å². The molecule has 0 aliphatic heterocycles. The van der Waals surface area contributed by atoms with E-state index in [1.54, 1.807) is 18.0 Å². The summed E-state index contributed by atoms with van der Waals surface area (Å²) in [6.07, 6.45) is 2.29. The van der Waals surface area contributed by atoms with Crippen molar-refractivity contribution in [3.63, 3.8) is 0 Å². The number of halogens is 1. The van der Waals surface area contributed by atoms with Crippen molar-refractivity contribution in [1.29, 1.82) is 0 Å². The lowest BCUT2D eigenvalue weighted by atomic mass is 9.97. The van der Waals surface area contributed by atoms with Gasteiger partial charge in [0.1, 0.15) is 5.60 Å². The molecule has 1 N–H and O–H groups in total. The van der Waals surface area contributed by atoms with Gasteiger partial charge in [-0.1, -0.05) is 6.92 Å². The molecule has 0 fully saturated rings. The lowest BCUT2D eigenvalue weighted by Crippen LogP contribution is -2.33. The molecule has 4 nitrogen and oxygen atoms in total. The molecule has 1 aromatic heterocycles. The summed E-state index contributed by atoms with van der Waals surface area (Å²) in [4.78, 5) is 0. The standard InChI is InChI=1S/C10H17BrN2O2/c1-4-10(14,7-15-3)9-8(11)6-12-13(9)5-2/h6,14H,4-5,7H2,1-3H3. The van der Waals surface area contributed by atoms with E-state index in [0.29, 0.717) is 6.42 Å². The van der Waals surface area contributed by atoms with Gasteiger partial charge in [-0.2, -0.15) is 5.10 Å². The Kier molecular flexibility index (Phi) is 4.31. The predicted molar refractivity (Wildman–Crippen MR) is 61.7 cm³/mol. The summed E-state index contributed by atoms with van der Waals surface area (Å²) in [5, 5.41) is 14.6. The fourth-order valence-electron chi connectivity index (χ4n) is 1.64. The minimum atomic E-state index is -0.972. The van der Waals surface area contributed by atoms with Gasteiger partial charge in [0.05, 0.1) is 23.0 Å². The summed E-state index contributed by atoms with van der Waals surface area (Å²) < 4.78 is 7.67. The molecule has 0 aliphatic rings. The number of aryl methyl sites for hydroxylation is 1. The lowest BCUT2D eigenvalue weighted by Gasteiger charge is -2.27. The van der Waals surface area contributed by atoms with Gasteiger partial charge < -0.3 is 9.84 Å². The Bertz CT molecular complexity index is 327. The summed E-state index contributed by atoms with van der Waals surface area (Å²) in [5.74, 6) is 0. The van der Waals surface area contributed by atoms with E-state index in [2.05, 4.69) is 21.0 Å². The molecular weight excluding hydrogens is 260 g/mol. The molecule has 0 saturated heterocycles. The highest BCUT2D eigenvalue weighted by Gasteiger charge is 2.33. The zero-order valence-electron chi connectivity index (χ0n) is 9.33. The van der Waals surface area contributed by atoms with Crippen LogP contribution >= 0.6 is 15.9 Å². The van der Waals surface area contributed by atoms with Gasteiger partial charge in [0, 0.05) is 13.7 Å². The number of aliphatic hydroxyl groups is 1. The lowest BCUT2D eigenvalue weighted by molar-refractivity contribution is -0.0453. The number of ether oxygens (including phenoxy) is 1. The number of methoxy groups -OCH3 is 1. The second-order valence-corrected chi connectivity index (χ2v) is 4.33. The SMILES string of the molecule is CCn1ncc(Br)c1C(O)(CC)COC. The molecule has 1 aromatic rings. The van der Waals surface area contributed by atoms with Crippen LogP contribution in [0.25, 0.3) is 0 Å². The Morgan fingerprint density at radius 2 is 2.27 bits per heavy atom. The molecule has 1 atom stereocenters. The first-order valence-corrected chi connectivity index (χ1v) is 5.81. The van der Waals surface area contributed by atoms with Gasteiger partial charge in [-0.05, 0) is 29.3 Å². The van der Waals surface area contributed by atoms with Crippen molar-refractivity contribution in [2.24, 2.45) is 0 Å². The van der Waals surface area contributed by atoms with E-state index < -0.39 is 5.60 Å². The zero-order valence-corrected chi connectivity index (χ0v) is 10.9. The number of rotatable bonds is 5. The molecule has 0 bridgehead atoms. The molecule has 1 rings (SSSR count). The van der Waals surface area contributed by atoms with Gasteiger partial charge >= 0.3 is 0 Å². The van der Waals surface area contributed by atoms with Crippen molar-refractivity contribution in [2.45, 2.75) is 32.4 Å². The monoisotopic (exact) mass is 276 g/mol. The first-order chi connectivity index (χ1) is 7.09. The molecule has 15 heavy (non-hydrogen) atoms. The van der Waals surface area contributed by atoms with Crippen LogP contribution in [0.4, 0.5) is 0 Å². The van der Waals surface area contributed by atoms with Crippen LogP contribution in [-0.4, -0.2) is 28.6 Å². The second kappa shape index (κ2) is 5.09. The minimum absolute atomic E-state index is 0.272. The van der Waals surface area contributed by atoms with Crippen molar-refractivity contribution >= 4 is 15.9 Å². The van der Waals surface area contributed by atoms with E-state index in [4.69, 9.17) is 4.74 Å². The third-order valence-electron chi connectivity index (χ3n) is 2.50. The molecular formula is C10H17BrN2O2. The Morgan fingerprint density at radius 3 is 2.73 bits per heavy atom.